The third kappa shape index (κ3) is 2.09. The van der Waals surface area contributed by atoms with Gasteiger partial charge in [-0.05, 0) is 31.4 Å². The first-order chi connectivity index (χ1) is 11.3. The van der Waals surface area contributed by atoms with Crippen LogP contribution in [-0.2, 0) is 4.74 Å². The molecule has 6 nitrogen and oxygen atoms in total. The fourth-order valence-corrected chi connectivity index (χ4v) is 3.98. The van der Waals surface area contributed by atoms with Crippen molar-refractivity contribution in [2.24, 2.45) is 0 Å². The van der Waals surface area contributed by atoms with Crippen LogP contribution in [0.4, 0.5) is 0 Å². The molecule has 0 unspecified atom stereocenters. The van der Waals surface area contributed by atoms with Gasteiger partial charge in [-0.2, -0.15) is 0 Å². The minimum absolute atomic E-state index is 0.547. The number of likely N-dealkylation sites (tertiary alicyclic amines) is 1. The Labute approximate surface area is 134 Å². The highest BCUT2D eigenvalue weighted by Gasteiger charge is 2.28. The van der Waals surface area contributed by atoms with Crippen LogP contribution in [0.15, 0.2) is 18.6 Å². The highest BCUT2D eigenvalue weighted by atomic mass is 16.5. The Bertz CT molecular complexity index is 854. The number of aromatic amines is 1. The molecule has 5 heterocycles. The molecular formula is C17H21N5O. The smallest absolute Gasteiger partial charge is 0.156 e. The minimum Gasteiger partial charge on any atom is -0.381 e. The van der Waals surface area contributed by atoms with Crippen LogP contribution in [0.5, 0.6) is 0 Å². The first kappa shape index (κ1) is 13.5. The van der Waals surface area contributed by atoms with Gasteiger partial charge in [0.05, 0.1) is 17.4 Å². The second kappa shape index (κ2) is 5.04. The van der Waals surface area contributed by atoms with Crippen LogP contribution >= 0.6 is 0 Å². The standard InChI is InChI=1S/C17H21N5O/c1-21-8-12(9-21)14-10-22-15(20-14)7-19-17-16(22)13(6-18-17)11-2-4-23-5-3-11/h6-7,10-12,18H,2-5,8-9H2,1H3. The van der Waals surface area contributed by atoms with Gasteiger partial charge in [0.1, 0.15) is 0 Å². The second-order valence-electron chi connectivity index (χ2n) is 6.90. The molecular weight excluding hydrogens is 290 g/mol. The van der Waals surface area contributed by atoms with E-state index < -0.39 is 0 Å². The van der Waals surface area contributed by atoms with Gasteiger partial charge in [-0.15, -0.1) is 0 Å². The number of H-pyrrole nitrogens is 1. The Kier molecular flexibility index (Phi) is 2.96. The van der Waals surface area contributed by atoms with Crippen molar-refractivity contribution in [3.8, 4) is 0 Å². The molecule has 0 aromatic carbocycles. The maximum atomic E-state index is 5.52. The summed E-state index contributed by atoms with van der Waals surface area (Å²) in [6.07, 6.45) is 8.38. The maximum absolute atomic E-state index is 5.52. The van der Waals surface area contributed by atoms with Crippen LogP contribution < -0.4 is 0 Å². The zero-order valence-electron chi connectivity index (χ0n) is 13.3. The molecule has 2 aliphatic rings. The summed E-state index contributed by atoms with van der Waals surface area (Å²) in [5, 5.41) is 0. The molecule has 2 saturated heterocycles. The number of nitrogens with one attached hydrogen (secondary N) is 1. The first-order valence-electron chi connectivity index (χ1n) is 8.41. The molecule has 2 aliphatic heterocycles. The molecule has 3 aromatic heterocycles. The Morgan fingerprint density at radius 1 is 1.22 bits per heavy atom. The van der Waals surface area contributed by atoms with Crippen molar-refractivity contribution >= 4 is 16.8 Å². The lowest BCUT2D eigenvalue weighted by molar-refractivity contribution is 0.0856. The molecule has 3 aromatic rings. The Morgan fingerprint density at radius 3 is 2.83 bits per heavy atom. The number of fused-ring (bicyclic) bond motifs is 3. The van der Waals surface area contributed by atoms with Gasteiger partial charge in [0.25, 0.3) is 0 Å². The van der Waals surface area contributed by atoms with Gasteiger partial charge in [0.15, 0.2) is 11.3 Å². The number of aromatic nitrogens is 4. The number of rotatable bonds is 2. The lowest BCUT2D eigenvalue weighted by Gasteiger charge is -2.34. The van der Waals surface area contributed by atoms with Gasteiger partial charge in [0.2, 0.25) is 0 Å². The fourth-order valence-electron chi connectivity index (χ4n) is 3.98. The van der Waals surface area contributed by atoms with Crippen molar-refractivity contribution in [2.45, 2.75) is 24.7 Å². The van der Waals surface area contributed by atoms with Crippen LogP contribution in [0.2, 0.25) is 0 Å². The third-order valence-electron chi connectivity index (χ3n) is 5.31. The van der Waals surface area contributed by atoms with Crippen LogP contribution in [-0.4, -0.2) is 57.6 Å². The predicted molar refractivity (Wildman–Crippen MR) is 87.9 cm³/mol. The molecule has 120 valence electrons. The van der Waals surface area contributed by atoms with E-state index >= 15 is 0 Å². The van der Waals surface area contributed by atoms with Crippen LogP contribution in [0, 0.1) is 0 Å². The van der Waals surface area contributed by atoms with E-state index in [2.05, 4.69) is 38.7 Å². The molecule has 1 N–H and O–H groups in total. The average Bonchev–Trinajstić information content (AvgIpc) is 3.15. The van der Waals surface area contributed by atoms with Crippen LogP contribution in [0.25, 0.3) is 16.8 Å². The van der Waals surface area contributed by atoms with Gasteiger partial charge in [-0.25, -0.2) is 9.97 Å². The van der Waals surface area contributed by atoms with Gasteiger partial charge in [-0.3, -0.25) is 4.40 Å². The van der Waals surface area contributed by atoms with E-state index in [9.17, 15) is 0 Å². The summed E-state index contributed by atoms with van der Waals surface area (Å²) in [4.78, 5) is 15.1. The van der Waals surface area contributed by atoms with E-state index in [4.69, 9.17) is 9.72 Å². The molecule has 2 fully saturated rings. The number of likely N-dealkylation sites (N-methyl/N-ethyl adjacent to an activating group) is 1. The number of hydrogen-bond acceptors (Lipinski definition) is 4. The normalized spacial score (nSPS) is 21.3. The molecule has 0 saturated carbocycles. The van der Waals surface area contributed by atoms with Gasteiger partial charge in [0, 0.05) is 44.6 Å². The quantitative estimate of drug-likeness (QED) is 0.788. The van der Waals surface area contributed by atoms with Crippen molar-refractivity contribution in [3.05, 3.63) is 29.8 Å². The van der Waals surface area contributed by atoms with Crippen LogP contribution in [0.1, 0.15) is 35.9 Å². The second-order valence-corrected chi connectivity index (χ2v) is 6.90. The number of nitrogens with zero attached hydrogens (tertiary/aromatic N) is 4. The van der Waals surface area contributed by atoms with E-state index in [1.54, 1.807) is 0 Å². The fraction of sp³-hybridized carbons (Fsp3) is 0.529. The van der Waals surface area contributed by atoms with Crippen molar-refractivity contribution < 1.29 is 4.74 Å². The molecule has 0 radical (unpaired) electrons. The SMILES string of the molecule is CN1CC(c2cn3c(cnc4[nH]cc(C5CCOCC5)c43)n2)C1. The summed E-state index contributed by atoms with van der Waals surface area (Å²) < 4.78 is 7.75. The average molecular weight is 311 g/mol. The summed E-state index contributed by atoms with van der Waals surface area (Å²) in [7, 11) is 2.15. The summed E-state index contributed by atoms with van der Waals surface area (Å²) >= 11 is 0. The first-order valence-corrected chi connectivity index (χ1v) is 8.41. The lowest BCUT2D eigenvalue weighted by atomic mass is 9.93. The largest absolute Gasteiger partial charge is 0.381 e. The number of imidazole rings is 1. The highest BCUT2D eigenvalue weighted by Crippen LogP contribution is 2.33. The van der Waals surface area contributed by atoms with Crippen molar-refractivity contribution in [1.82, 2.24) is 24.3 Å². The highest BCUT2D eigenvalue weighted by molar-refractivity contribution is 5.79. The predicted octanol–water partition coefficient (Wildman–Crippen LogP) is 2.13. The number of ether oxygens (including phenoxy) is 1. The molecule has 0 spiro atoms. The molecule has 5 rings (SSSR count). The maximum Gasteiger partial charge on any atom is 0.156 e. The Hall–Kier alpha value is -1.92. The monoisotopic (exact) mass is 311 g/mol. The Morgan fingerprint density at radius 2 is 2.04 bits per heavy atom. The third-order valence-corrected chi connectivity index (χ3v) is 5.31. The van der Waals surface area contributed by atoms with Crippen molar-refractivity contribution in [2.75, 3.05) is 33.4 Å². The molecule has 6 heteroatoms. The van der Waals surface area contributed by atoms with E-state index in [0.717, 1.165) is 50.4 Å². The molecule has 0 amide bonds. The Balaban J connectivity index is 1.63. The molecule has 0 atom stereocenters. The zero-order chi connectivity index (χ0) is 15.4. The number of hydrogen-bond donors (Lipinski definition) is 1. The zero-order valence-corrected chi connectivity index (χ0v) is 13.3. The summed E-state index contributed by atoms with van der Waals surface area (Å²) in [5.74, 6) is 1.10. The van der Waals surface area contributed by atoms with Gasteiger partial charge < -0.3 is 14.6 Å². The topological polar surface area (TPSA) is 58.5 Å². The van der Waals surface area contributed by atoms with Crippen molar-refractivity contribution in [3.63, 3.8) is 0 Å². The van der Waals surface area contributed by atoms with E-state index in [0.29, 0.717) is 11.8 Å². The summed E-state index contributed by atoms with van der Waals surface area (Å²) in [5.41, 5.74) is 5.65. The summed E-state index contributed by atoms with van der Waals surface area (Å²) in [6, 6.07) is 0. The van der Waals surface area contributed by atoms with Gasteiger partial charge >= 0.3 is 0 Å². The van der Waals surface area contributed by atoms with Gasteiger partial charge in [-0.1, -0.05) is 0 Å². The van der Waals surface area contributed by atoms with E-state index in [1.165, 1.54) is 16.8 Å². The van der Waals surface area contributed by atoms with E-state index in [1.807, 2.05) is 6.20 Å². The lowest BCUT2D eigenvalue weighted by Crippen LogP contribution is -2.41. The van der Waals surface area contributed by atoms with Crippen molar-refractivity contribution in [1.29, 1.82) is 0 Å². The summed E-state index contributed by atoms with van der Waals surface area (Å²) in [6.45, 7) is 3.90. The molecule has 0 bridgehead atoms. The van der Waals surface area contributed by atoms with E-state index in [-0.39, 0.29) is 0 Å². The molecule has 0 aliphatic carbocycles. The minimum atomic E-state index is 0.547. The molecule has 23 heavy (non-hydrogen) atoms. The van der Waals surface area contributed by atoms with Crippen LogP contribution in [0.3, 0.4) is 0 Å².